The Bertz CT molecular complexity index is 1020. The van der Waals surface area contributed by atoms with Crippen LogP contribution in [0.3, 0.4) is 0 Å². The van der Waals surface area contributed by atoms with E-state index in [4.69, 9.17) is 19.5 Å². The van der Waals surface area contributed by atoms with E-state index in [1.807, 2.05) is 0 Å². The Morgan fingerprint density at radius 1 is 1.19 bits per heavy atom. The van der Waals surface area contributed by atoms with E-state index in [0.717, 1.165) is 0 Å². The maximum atomic E-state index is 12.9. The number of ether oxygens (including phenoxy) is 1. The minimum absolute atomic E-state index is 0.0978. The summed E-state index contributed by atoms with van der Waals surface area (Å²) in [5.74, 6) is 8.25. The summed E-state index contributed by atoms with van der Waals surface area (Å²) in [5.41, 5.74) is 0. The van der Waals surface area contributed by atoms with Crippen molar-refractivity contribution >= 4 is 11.8 Å². The lowest BCUT2D eigenvalue weighted by molar-refractivity contribution is 0.291. The summed E-state index contributed by atoms with van der Waals surface area (Å²) < 4.78 is 30.1. The molecule has 11 heteroatoms. The van der Waals surface area contributed by atoms with Gasteiger partial charge in [0.1, 0.15) is 18.2 Å². The highest BCUT2D eigenvalue weighted by molar-refractivity contribution is 7.98. The van der Waals surface area contributed by atoms with Crippen LogP contribution in [0.2, 0.25) is 0 Å². The van der Waals surface area contributed by atoms with Gasteiger partial charge < -0.3 is 19.5 Å². The number of nitrogens with two attached hydrogens (primary N) is 1. The van der Waals surface area contributed by atoms with E-state index in [9.17, 15) is 4.39 Å². The monoisotopic (exact) mass is 388 g/mol. The van der Waals surface area contributed by atoms with Gasteiger partial charge in [-0.15, -0.1) is 10.2 Å². The van der Waals surface area contributed by atoms with Gasteiger partial charge in [0, 0.05) is 0 Å². The first-order valence-corrected chi connectivity index (χ1v) is 8.74. The molecule has 0 radical (unpaired) electrons. The van der Waals surface area contributed by atoms with E-state index in [2.05, 4.69) is 20.3 Å². The Hall–Kier alpha value is -3.34. The molecule has 4 rings (SSSR count). The molecular weight excluding hydrogens is 375 g/mol. The summed E-state index contributed by atoms with van der Waals surface area (Å²) in [5, 5.41) is 12.4. The predicted molar refractivity (Wildman–Crippen MR) is 92.5 cm³/mol. The molecule has 0 saturated heterocycles. The van der Waals surface area contributed by atoms with Crippen LogP contribution in [-0.2, 0) is 12.4 Å². The van der Waals surface area contributed by atoms with Crippen LogP contribution in [0.15, 0.2) is 56.8 Å². The summed E-state index contributed by atoms with van der Waals surface area (Å²) in [7, 11) is 0. The maximum absolute atomic E-state index is 12.9. The van der Waals surface area contributed by atoms with E-state index in [-0.39, 0.29) is 12.4 Å². The Kier molecular flexibility index (Phi) is 4.75. The Labute approximate surface area is 156 Å². The van der Waals surface area contributed by atoms with Gasteiger partial charge in [0.2, 0.25) is 5.16 Å². The lowest BCUT2D eigenvalue weighted by Crippen LogP contribution is -2.15. The van der Waals surface area contributed by atoms with Crippen molar-refractivity contribution in [3.05, 3.63) is 60.1 Å². The maximum Gasteiger partial charge on any atom is 0.293 e. The fraction of sp³-hybridized carbons (Fsp3) is 0.125. The van der Waals surface area contributed by atoms with Crippen molar-refractivity contribution in [1.82, 2.24) is 25.0 Å². The third kappa shape index (κ3) is 3.92. The van der Waals surface area contributed by atoms with Gasteiger partial charge in [0.15, 0.2) is 17.4 Å². The van der Waals surface area contributed by atoms with Gasteiger partial charge in [-0.05, 0) is 36.4 Å². The Balaban J connectivity index is 1.35. The molecule has 0 aliphatic heterocycles. The zero-order valence-electron chi connectivity index (χ0n) is 13.8. The second kappa shape index (κ2) is 7.50. The van der Waals surface area contributed by atoms with Gasteiger partial charge >= 0.3 is 0 Å². The smallest absolute Gasteiger partial charge is 0.293 e. The second-order valence-corrected chi connectivity index (χ2v) is 6.24. The second-order valence-electron chi connectivity index (χ2n) is 5.29. The van der Waals surface area contributed by atoms with Crippen LogP contribution in [-0.4, -0.2) is 25.0 Å². The lowest BCUT2D eigenvalue weighted by atomic mass is 10.3. The molecule has 3 heterocycles. The van der Waals surface area contributed by atoms with E-state index in [1.54, 1.807) is 12.1 Å². The normalized spacial score (nSPS) is 11.0. The first-order valence-electron chi connectivity index (χ1n) is 7.76. The number of benzene rings is 1. The summed E-state index contributed by atoms with van der Waals surface area (Å²) in [6.45, 7) is 0.0978. The van der Waals surface area contributed by atoms with Crippen LogP contribution in [0.4, 0.5) is 4.39 Å². The van der Waals surface area contributed by atoms with Gasteiger partial charge in [0.05, 0.1) is 12.0 Å². The molecule has 2 N–H and O–H groups in total. The number of hydrogen-bond donors (Lipinski definition) is 1. The van der Waals surface area contributed by atoms with Crippen molar-refractivity contribution in [2.45, 2.75) is 17.5 Å². The third-order valence-corrected chi connectivity index (χ3v) is 4.39. The van der Waals surface area contributed by atoms with Crippen LogP contribution in [0, 0.1) is 5.82 Å². The van der Waals surface area contributed by atoms with Gasteiger partial charge in [-0.1, -0.05) is 16.9 Å². The van der Waals surface area contributed by atoms with Crippen molar-refractivity contribution in [3.63, 3.8) is 0 Å². The number of nitrogens with zero attached hydrogens (tertiary/aromatic N) is 5. The number of halogens is 1. The lowest BCUT2D eigenvalue weighted by Gasteiger charge is -2.06. The van der Waals surface area contributed by atoms with Gasteiger partial charge in [-0.25, -0.2) is 9.07 Å². The Morgan fingerprint density at radius 3 is 2.81 bits per heavy atom. The molecule has 0 bridgehead atoms. The first kappa shape index (κ1) is 17.1. The number of rotatable bonds is 7. The molecule has 0 atom stereocenters. The summed E-state index contributed by atoms with van der Waals surface area (Å²) in [4.78, 5) is 4.24. The summed E-state index contributed by atoms with van der Waals surface area (Å²) >= 11 is 1.30. The van der Waals surface area contributed by atoms with E-state index in [0.29, 0.717) is 40.0 Å². The molecule has 9 nitrogen and oxygen atoms in total. The molecule has 0 fully saturated rings. The SMILES string of the molecule is Nn1c(COc2ccc(F)cc2)nnc1SCc1noc(-c2ccco2)n1. The molecule has 4 aromatic rings. The summed E-state index contributed by atoms with van der Waals surface area (Å²) in [6, 6.07) is 9.14. The van der Waals surface area contributed by atoms with Crippen LogP contribution < -0.4 is 10.6 Å². The third-order valence-electron chi connectivity index (χ3n) is 3.45. The summed E-state index contributed by atoms with van der Waals surface area (Å²) in [6.07, 6.45) is 1.53. The van der Waals surface area contributed by atoms with Crippen LogP contribution in [0.1, 0.15) is 11.6 Å². The zero-order chi connectivity index (χ0) is 18.6. The van der Waals surface area contributed by atoms with Crippen molar-refractivity contribution < 1.29 is 18.1 Å². The first-order chi connectivity index (χ1) is 13.2. The standard InChI is InChI=1S/C16H13FN6O3S/c17-10-3-5-11(6-4-10)25-8-14-20-21-16(23(14)18)27-9-13-19-15(26-22-13)12-2-1-7-24-12/h1-7H,8-9,18H2. The molecule has 0 amide bonds. The molecule has 0 spiro atoms. The average Bonchev–Trinajstić information content (AvgIpc) is 3.41. The quantitative estimate of drug-likeness (QED) is 0.376. The molecule has 27 heavy (non-hydrogen) atoms. The predicted octanol–water partition coefficient (Wildman–Crippen LogP) is 2.65. The van der Waals surface area contributed by atoms with Gasteiger partial charge in [-0.2, -0.15) is 4.98 Å². The Morgan fingerprint density at radius 2 is 2.04 bits per heavy atom. The molecule has 0 aliphatic rings. The molecule has 138 valence electrons. The van der Waals surface area contributed by atoms with Crippen molar-refractivity contribution in [2.75, 3.05) is 5.84 Å². The van der Waals surface area contributed by atoms with Crippen molar-refractivity contribution in [1.29, 1.82) is 0 Å². The minimum atomic E-state index is -0.334. The topological polar surface area (TPSA) is 118 Å². The highest BCUT2D eigenvalue weighted by Gasteiger charge is 2.15. The van der Waals surface area contributed by atoms with Gasteiger partial charge in [0.25, 0.3) is 5.89 Å². The highest BCUT2D eigenvalue weighted by atomic mass is 32.2. The zero-order valence-corrected chi connectivity index (χ0v) is 14.6. The van der Waals surface area contributed by atoms with Crippen LogP contribution in [0.25, 0.3) is 11.7 Å². The molecule has 0 aliphatic carbocycles. The van der Waals surface area contributed by atoms with Crippen molar-refractivity contribution in [2.24, 2.45) is 0 Å². The van der Waals surface area contributed by atoms with E-state index >= 15 is 0 Å². The number of hydrogen-bond acceptors (Lipinski definition) is 9. The van der Waals surface area contributed by atoms with E-state index < -0.39 is 0 Å². The molecule has 3 aromatic heterocycles. The number of aromatic nitrogens is 5. The van der Waals surface area contributed by atoms with E-state index in [1.165, 1.54) is 47.0 Å². The van der Waals surface area contributed by atoms with Crippen LogP contribution >= 0.6 is 11.8 Å². The molecule has 0 saturated carbocycles. The molecule has 1 aromatic carbocycles. The minimum Gasteiger partial charge on any atom is -0.486 e. The fourth-order valence-corrected chi connectivity index (χ4v) is 2.84. The highest BCUT2D eigenvalue weighted by Crippen LogP contribution is 2.22. The van der Waals surface area contributed by atoms with Crippen LogP contribution in [0.5, 0.6) is 5.75 Å². The molecule has 0 unspecified atom stereocenters. The number of thioether (sulfide) groups is 1. The fourth-order valence-electron chi connectivity index (χ4n) is 2.12. The number of nitrogen functional groups attached to an aromatic ring is 1. The van der Waals surface area contributed by atoms with Gasteiger partial charge in [-0.3, -0.25) is 0 Å². The number of furan rings is 1. The van der Waals surface area contributed by atoms with Crippen molar-refractivity contribution in [3.8, 4) is 17.4 Å². The average molecular weight is 388 g/mol. The largest absolute Gasteiger partial charge is 0.486 e. The molecular formula is C16H13FN6O3S.